The molecule has 0 bridgehead atoms. The molecule has 7 nitrogen and oxygen atoms in total. The molecule has 27 heavy (non-hydrogen) atoms. The maximum absolute atomic E-state index is 12.4. The van der Waals surface area contributed by atoms with Gasteiger partial charge in [-0.15, -0.1) is 11.3 Å². The van der Waals surface area contributed by atoms with E-state index in [1.165, 1.54) is 23.5 Å². The SMILES string of the molecule is C[C@H](OC(=O)C1CCN(C(=O)c2cccs2)CC1)c1cccc([N+](=O)[O-])c1. The fraction of sp³-hybridized carbons (Fsp3) is 0.368. The Morgan fingerprint density at radius 3 is 2.63 bits per heavy atom. The first kappa shape index (κ1) is 19.0. The molecule has 1 atom stereocenters. The average Bonchev–Trinajstić information content (AvgIpc) is 3.22. The molecule has 2 heterocycles. The standard InChI is InChI=1S/C19H20N2O5S/c1-13(15-4-2-5-16(12-15)21(24)25)26-19(23)14-7-9-20(10-8-14)18(22)17-6-3-11-27-17/h2-6,11-14H,7-10H2,1H3/t13-/m0/s1. The number of piperidine rings is 1. The Bertz CT molecular complexity index is 828. The summed E-state index contributed by atoms with van der Waals surface area (Å²) in [5.41, 5.74) is 0.554. The number of esters is 1. The Hall–Kier alpha value is -2.74. The molecular weight excluding hydrogens is 368 g/mol. The van der Waals surface area contributed by atoms with Gasteiger partial charge in [0.05, 0.1) is 15.7 Å². The fourth-order valence-electron chi connectivity index (χ4n) is 3.10. The van der Waals surface area contributed by atoms with Crippen LogP contribution in [0.15, 0.2) is 41.8 Å². The van der Waals surface area contributed by atoms with E-state index >= 15 is 0 Å². The predicted octanol–water partition coefficient (Wildman–Crippen LogP) is 3.81. The zero-order valence-electron chi connectivity index (χ0n) is 14.9. The number of hydrogen-bond donors (Lipinski definition) is 0. The van der Waals surface area contributed by atoms with E-state index in [9.17, 15) is 19.7 Å². The van der Waals surface area contributed by atoms with Gasteiger partial charge in [0.2, 0.25) is 0 Å². The first-order valence-electron chi connectivity index (χ1n) is 8.73. The third-order valence-electron chi connectivity index (χ3n) is 4.69. The minimum atomic E-state index is -0.566. The molecule has 0 N–H and O–H groups in total. The van der Waals surface area contributed by atoms with Crippen molar-refractivity contribution in [3.05, 3.63) is 62.3 Å². The lowest BCUT2D eigenvalue weighted by Crippen LogP contribution is -2.40. The van der Waals surface area contributed by atoms with Gasteiger partial charge in [-0.3, -0.25) is 19.7 Å². The van der Waals surface area contributed by atoms with E-state index < -0.39 is 11.0 Å². The highest BCUT2D eigenvalue weighted by molar-refractivity contribution is 7.12. The predicted molar refractivity (Wildman–Crippen MR) is 101 cm³/mol. The molecule has 1 aliphatic rings. The van der Waals surface area contributed by atoms with Gasteiger partial charge in [0, 0.05) is 25.2 Å². The second kappa shape index (κ2) is 8.30. The summed E-state index contributed by atoms with van der Waals surface area (Å²) in [4.78, 5) is 37.7. The summed E-state index contributed by atoms with van der Waals surface area (Å²) >= 11 is 1.41. The van der Waals surface area contributed by atoms with Gasteiger partial charge in [-0.2, -0.15) is 0 Å². The van der Waals surface area contributed by atoms with Crippen LogP contribution in [0.2, 0.25) is 0 Å². The lowest BCUT2D eigenvalue weighted by atomic mass is 9.96. The van der Waals surface area contributed by atoms with Crippen LogP contribution in [0.4, 0.5) is 5.69 Å². The second-order valence-electron chi connectivity index (χ2n) is 6.47. The maximum Gasteiger partial charge on any atom is 0.309 e. The minimum absolute atomic E-state index is 0.00165. The van der Waals surface area contributed by atoms with Crippen LogP contribution in [0.1, 0.15) is 41.1 Å². The summed E-state index contributed by atoms with van der Waals surface area (Å²) in [6.07, 6.45) is 0.540. The van der Waals surface area contributed by atoms with E-state index in [1.54, 1.807) is 30.0 Å². The van der Waals surface area contributed by atoms with Gasteiger partial charge in [-0.25, -0.2) is 0 Å². The third-order valence-corrected chi connectivity index (χ3v) is 5.55. The van der Waals surface area contributed by atoms with Gasteiger partial charge in [-0.05, 0) is 36.8 Å². The van der Waals surface area contributed by atoms with E-state index in [0.717, 1.165) is 0 Å². The van der Waals surface area contributed by atoms with Crippen molar-refractivity contribution < 1.29 is 19.2 Å². The number of hydrogen-bond acceptors (Lipinski definition) is 6. The van der Waals surface area contributed by atoms with Crippen molar-refractivity contribution in [2.45, 2.75) is 25.9 Å². The lowest BCUT2D eigenvalue weighted by Gasteiger charge is -2.31. The highest BCUT2D eigenvalue weighted by Crippen LogP contribution is 2.26. The Kier molecular flexibility index (Phi) is 5.85. The second-order valence-corrected chi connectivity index (χ2v) is 7.42. The Morgan fingerprint density at radius 1 is 1.26 bits per heavy atom. The van der Waals surface area contributed by atoms with Gasteiger partial charge < -0.3 is 9.64 Å². The van der Waals surface area contributed by atoms with Crippen LogP contribution in [0.25, 0.3) is 0 Å². The molecule has 1 fully saturated rings. The number of likely N-dealkylation sites (tertiary alicyclic amines) is 1. The van der Waals surface area contributed by atoms with Crippen LogP contribution < -0.4 is 0 Å². The molecule has 8 heteroatoms. The number of non-ortho nitro benzene ring substituents is 1. The van der Waals surface area contributed by atoms with Gasteiger partial charge in [-0.1, -0.05) is 18.2 Å². The number of thiophene rings is 1. The lowest BCUT2D eigenvalue weighted by molar-refractivity contribution is -0.385. The molecule has 2 aromatic rings. The van der Waals surface area contributed by atoms with Crippen LogP contribution in [-0.2, 0) is 9.53 Å². The molecule has 0 radical (unpaired) electrons. The van der Waals surface area contributed by atoms with E-state index in [1.807, 2.05) is 11.4 Å². The van der Waals surface area contributed by atoms with Gasteiger partial charge in [0.25, 0.3) is 11.6 Å². The number of ether oxygens (including phenoxy) is 1. The van der Waals surface area contributed by atoms with E-state index in [0.29, 0.717) is 36.4 Å². The largest absolute Gasteiger partial charge is 0.458 e. The number of carbonyl (C=O) groups excluding carboxylic acids is 2. The molecular formula is C19H20N2O5S. The molecule has 1 amide bonds. The highest BCUT2D eigenvalue weighted by Gasteiger charge is 2.30. The monoisotopic (exact) mass is 388 g/mol. The van der Waals surface area contributed by atoms with Gasteiger partial charge in [0.15, 0.2) is 0 Å². The van der Waals surface area contributed by atoms with Crippen molar-refractivity contribution in [2.75, 3.05) is 13.1 Å². The van der Waals surface area contributed by atoms with E-state index in [-0.39, 0.29) is 23.5 Å². The van der Waals surface area contributed by atoms with Crippen LogP contribution in [0, 0.1) is 16.0 Å². The van der Waals surface area contributed by atoms with Crippen LogP contribution >= 0.6 is 11.3 Å². The maximum atomic E-state index is 12.4. The first-order chi connectivity index (χ1) is 13.0. The number of nitro benzene ring substituents is 1. The summed E-state index contributed by atoms with van der Waals surface area (Å²) in [6.45, 7) is 2.73. The number of benzene rings is 1. The van der Waals surface area contributed by atoms with Crippen molar-refractivity contribution in [3.63, 3.8) is 0 Å². The number of amides is 1. The van der Waals surface area contributed by atoms with Crippen LogP contribution in [-0.4, -0.2) is 34.8 Å². The molecule has 1 saturated heterocycles. The number of nitrogens with zero attached hydrogens (tertiary/aromatic N) is 2. The molecule has 0 spiro atoms. The molecule has 0 unspecified atom stereocenters. The molecule has 142 valence electrons. The van der Waals surface area contributed by atoms with Crippen LogP contribution in [0.3, 0.4) is 0 Å². The van der Waals surface area contributed by atoms with Gasteiger partial charge >= 0.3 is 5.97 Å². The number of carbonyl (C=O) groups is 2. The van der Waals surface area contributed by atoms with Crippen molar-refractivity contribution in [1.29, 1.82) is 0 Å². The van der Waals surface area contributed by atoms with Crippen molar-refractivity contribution in [3.8, 4) is 0 Å². The molecule has 1 aromatic heterocycles. The average molecular weight is 388 g/mol. The molecule has 0 aliphatic carbocycles. The normalized spacial score (nSPS) is 16.0. The highest BCUT2D eigenvalue weighted by atomic mass is 32.1. The zero-order chi connectivity index (χ0) is 19.4. The number of nitro groups is 1. The Morgan fingerprint density at radius 2 is 2.00 bits per heavy atom. The quantitative estimate of drug-likeness (QED) is 0.441. The third kappa shape index (κ3) is 4.51. The smallest absolute Gasteiger partial charge is 0.309 e. The molecule has 3 rings (SSSR count). The Labute approximate surface area is 160 Å². The minimum Gasteiger partial charge on any atom is -0.458 e. The van der Waals surface area contributed by atoms with E-state index in [4.69, 9.17) is 4.74 Å². The fourth-order valence-corrected chi connectivity index (χ4v) is 3.79. The van der Waals surface area contributed by atoms with Crippen LogP contribution in [0.5, 0.6) is 0 Å². The zero-order valence-corrected chi connectivity index (χ0v) is 15.7. The first-order valence-corrected chi connectivity index (χ1v) is 9.61. The topological polar surface area (TPSA) is 89.8 Å². The summed E-state index contributed by atoms with van der Waals surface area (Å²) < 4.78 is 5.52. The van der Waals surface area contributed by atoms with Crippen molar-refractivity contribution >= 4 is 28.9 Å². The molecule has 1 aromatic carbocycles. The molecule has 1 aliphatic heterocycles. The molecule has 0 saturated carbocycles. The van der Waals surface area contributed by atoms with Crippen molar-refractivity contribution in [2.24, 2.45) is 5.92 Å². The summed E-state index contributed by atoms with van der Waals surface area (Å²) in [5.74, 6) is -0.586. The summed E-state index contributed by atoms with van der Waals surface area (Å²) in [5, 5.41) is 12.8. The van der Waals surface area contributed by atoms with E-state index in [2.05, 4.69) is 0 Å². The summed E-state index contributed by atoms with van der Waals surface area (Å²) in [7, 11) is 0. The van der Waals surface area contributed by atoms with Gasteiger partial charge in [0.1, 0.15) is 6.10 Å². The number of rotatable bonds is 5. The van der Waals surface area contributed by atoms with Crippen molar-refractivity contribution in [1.82, 2.24) is 4.90 Å². The summed E-state index contributed by atoms with van der Waals surface area (Å²) in [6, 6.07) is 9.74. The Balaban J connectivity index is 1.54.